The fourth-order valence-corrected chi connectivity index (χ4v) is 9.97. The third-order valence-electron chi connectivity index (χ3n) is 12.3. The zero-order chi connectivity index (χ0) is 38.4. The van der Waals surface area contributed by atoms with E-state index in [0.29, 0.717) is 11.4 Å². The number of rotatable bonds is 4. The fourth-order valence-electron chi connectivity index (χ4n) is 9.97. The lowest BCUT2D eigenvalue weighted by Gasteiger charge is -2.30. The molecule has 8 aromatic carbocycles. The van der Waals surface area contributed by atoms with Crippen LogP contribution in [0.2, 0.25) is 0 Å². The number of hydrogen-bond acceptors (Lipinski definition) is 3. The minimum absolute atomic E-state index is 0.460. The number of aromatic nitrogens is 3. The Morgan fingerprint density at radius 2 is 1.05 bits per heavy atom. The number of benzene rings is 8. The number of nitriles is 1. The molecule has 4 nitrogen and oxygen atoms in total. The summed E-state index contributed by atoms with van der Waals surface area (Å²) >= 11 is 0. The van der Waals surface area contributed by atoms with Gasteiger partial charge in [0.25, 0.3) is 0 Å². The predicted octanol–water partition coefficient (Wildman–Crippen LogP) is 12.8. The van der Waals surface area contributed by atoms with Crippen molar-refractivity contribution in [1.29, 1.82) is 5.26 Å². The summed E-state index contributed by atoms with van der Waals surface area (Å²) in [6.45, 7) is 0. The monoisotopic (exact) mass is 736 g/mol. The van der Waals surface area contributed by atoms with Gasteiger partial charge in [0.05, 0.1) is 45.2 Å². The van der Waals surface area contributed by atoms with E-state index in [-0.39, 0.29) is 0 Å². The first-order valence-electron chi connectivity index (χ1n) is 19.6. The Morgan fingerprint density at radius 1 is 0.448 bits per heavy atom. The molecule has 0 atom stereocenters. The molecule has 0 saturated carbocycles. The van der Waals surface area contributed by atoms with Crippen LogP contribution in [0.25, 0.3) is 83.6 Å². The van der Waals surface area contributed by atoms with Crippen molar-refractivity contribution >= 4 is 21.8 Å². The van der Waals surface area contributed by atoms with E-state index in [1.807, 2.05) is 42.5 Å². The first-order valence-corrected chi connectivity index (χ1v) is 19.6. The van der Waals surface area contributed by atoms with Gasteiger partial charge in [0, 0.05) is 33.0 Å². The van der Waals surface area contributed by atoms with Crippen LogP contribution in [-0.4, -0.2) is 14.5 Å². The van der Waals surface area contributed by atoms with Crippen LogP contribution in [0, 0.1) is 11.3 Å². The highest BCUT2D eigenvalue weighted by Gasteiger charge is 2.52. The maximum Gasteiger partial charge on any atom is 0.160 e. The predicted molar refractivity (Wildman–Crippen MR) is 234 cm³/mol. The van der Waals surface area contributed by atoms with Gasteiger partial charge < -0.3 is 4.57 Å². The quantitative estimate of drug-likeness (QED) is 0.181. The van der Waals surface area contributed by atoms with Crippen LogP contribution in [-0.2, 0) is 5.41 Å². The summed E-state index contributed by atoms with van der Waals surface area (Å²) in [5.41, 5.74) is 18.2. The summed E-state index contributed by atoms with van der Waals surface area (Å²) in [5.74, 6) is 0.570. The van der Waals surface area contributed by atoms with Gasteiger partial charge in [0.2, 0.25) is 0 Å². The molecule has 2 aromatic heterocycles. The molecule has 2 heterocycles. The van der Waals surface area contributed by atoms with Gasteiger partial charge in [0.1, 0.15) is 0 Å². The van der Waals surface area contributed by atoms with E-state index < -0.39 is 5.41 Å². The van der Waals surface area contributed by atoms with E-state index in [1.165, 1.54) is 60.8 Å². The molecule has 2 aliphatic rings. The van der Waals surface area contributed by atoms with Crippen LogP contribution in [0.4, 0.5) is 0 Å². The Balaban J connectivity index is 1.18. The average Bonchev–Trinajstić information content (AvgIpc) is 3.91. The molecule has 10 aromatic rings. The lowest BCUT2D eigenvalue weighted by molar-refractivity contribution is 0.794. The van der Waals surface area contributed by atoms with Crippen molar-refractivity contribution in [3.05, 3.63) is 222 Å². The van der Waals surface area contributed by atoms with Crippen LogP contribution in [0.5, 0.6) is 0 Å². The van der Waals surface area contributed by atoms with Gasteiger partial charge in [-0.25, -0.2) is 9.97 Å². The standard InChI is InChI=1S/C54H32N4/c55-33-34-15-14-18-36(31-34)53-56-47(35-16-2-1-3-17-35)32-48(57-53)42-23-8-13-28-50(42)58-49-27-12-7-21-39(49)40-29-30-46-51(52(40)58)41-22-6-11-26-45(41)54(46)43-24-9-4-19-37(43)38-20-5-10-25-44(38)54/h1-32H. The largest absolute Gasteiger partial charge is 0.308 e. The van der Waals surface area contributed by atoms with Crippen molar-refractivity contribution in [1.82, 2.24) is 14.5 Å². The molecule has 12 rings (SSSR count). The molecule has 0 radical (unpaired) electrons. The maximum atomic E-state index is 9.79. The van der Waals surface area contributed by atoms with Crippen molar-refractivity contribution in [2.24, 2.45) is 0 Å². The highest BCUT2D eigenvalue weighted by molar-refractivity contribution is 6.17. The first-order chi connectivity index (χ1) is 28.7. The van der Waals surface area contributed by atoms with Gasteiger partial charge in [-0.1, -0.05) is 164 Å². The van der Waals surface area contributed by atoms with Crippen molar-refractivity contribution < 1.29 is 0 Å². The van der Waals surface area contributed by atoms with E-state index in [1.54, 1.807) is 0 Å². The number of nitrogens with zero attached hydrogens (tertiary/aromatic N) is 4. The van der Waals surface area contributed by atoms with Crippen molar-refractivity contribution in [3.8, 4) is 67.9 Å². The van der Waals surface area contributed by atoms with Crippen molar-refractivity contribution in [2.45, 2.75) is 5.41 Å². The van der Waals surface area contributed by atoms with Crippen molar-refractivity contribution in [2.75, 3.05) is 0 Å². The zero-order valence-corrected chi connectivity index (χ0v) is 31.3. The van der Waals surface area contributed by atoms with Crippen molar-refractivity contribution in [3.63, 3.8) is 0 Å². The molecular weight excluding hydrogens is 705 g/mol. The molecule has 0 unspecified atom stereocenters. The Bertz CT molecular complexity index is 3320. The summed E-state index contributed by atoms with van der Waals surface area (Å²) in [6, 6.07) is 71.3. The van der Waals surface area contributed by atoms with Crippen LogP contribution < -0.4 is 0 Å². The second kappa shape index (κ2) is 12.3. The van der Waals surface area contributed by atoms with Crippen LogP contribution in [0.15, 0.2) is 194 Å². The van der Waals surface area contributed by atoms with Gasteiger partial charge in [0.15, 0.2) is 5.82 Å². The van der Waals surface area contributed by atoms with Gasteiger partial charge in [-0.15, -0.1) is 0 Å². The summed E-state index contributed by atoms with van der Waals surface area (Å²) in [6.07, 6.45) is 0. The van der Waals surface area contributed by atoms with Gasteiger partial charge in [-0.2, -0.15) is 5.26 Å². The SMILES string of the molecule is N#Cc1cccc(-c2nc(-c3ccccc3)cc(-c3ccccc3-n3c4ccccc4c4ccc5c(c43)-c3ccccc3C53c4ccccc4-c4ccccc43)n2)c1. The summed E-state index contributed by atoms with van der Waals surface area (Å²) in [4.78, 5) is 10.4. The molecule has 0 saturated heterocycles. The lowest BCUT2D eigenvalue weighted by Crippen LogP contribution is -2.25. The highest BCUT2D eigenvalue weighted by atomic mass is 15.0. The minimum Gasteiger partial charge on any atom is -0.308 e. The number of hydrogen-bond donors (Lipinski definition) is 0. The topological polar surface area (TPSA) is 54.5 Å². The Kier molecular flexibility index (Phi) is 6.88. The second-order valence-electron chi connectivity index (χ2n) is 15.2. The molecule has 0 amide bonds. The molecule has 268 valence electrons. The Hall–Kier alpha value is -7.87. The normalized spacial score (nSPS) is 12.9. The molecule has 0 bridgehead atoms. The summed E-state index contributed by atoms with van der Waals surface area (Å²) in [7, 11) is 0. The number of fused-ring (bicyclic) bond motifs is 14. The van der Waals surface area contributed by atoms with Gasteiger partial charge in [-0.3, -0.25) is 0 Å². The molecule has 0 aliphatic heterocycles. The molecule has 4 heteroatoms. The smallest absolute Gasteiger partial charge is 0.160 e. The summed E-state index contributed by atoms with van der Waals surface area (Å²) < 4.78 is 2.47. The van der Waals surface area contributed by atoms with Gasteiger partial charge in [-0.05, 0) is 69.3 Å². The lowest BCUT2D eigenvalue weighted by atomic mass is 9.70. The third kappa shape index (κ3) is 4.39. The van der Waals surface area contributed by atoms with E-state index in [4.69, 9.17) is 9.97 Å². The fraction of sp³-hybridized carbons (Fsp3) is 0.0185. The zero-order valence-electron chi connectivity index (χ0n) is 31.3. The Labute approximate surface area is 335 Å². The average molecular weight is 737 g/mol. The van der Waals surface area contributed by atoms with Gasteiger partial charge >= 0.3 is 0 Å². The molecule has 0 fully saturated rings. The van der Waals surface area contributed by atoms with E-state index in [9.17, 15) is 5.26 Å². The maximum absolute atomic E-state index is 9.79. The molecule has 1 spiro atoms. The number of para-hydroxylation sites is 2. The third-order valence-corrected chi connectivity index (χ3v) is 12.3. The second-order valence-corrected chi connectivity index (χ2v) is 15.2. The van der Waals surface area contributed by atoms with Crippen LogP contribution >= 0.6 is 0 Å². The van der Waals surface area contributed by atoms with E-state index in [2.05, 4.69) is 162 Å². The molecule has 58 heavy (non-hydrogen) atoms. The van der Waals surface area contributed by atoms with Crippen LogP contribution in [0.1, 0.15) is 27.8 Å². The highest BCUT2D eigenvalue weighted by Crippen LogP contribution is 2.64. The van der Waals surface area contributed by atoms with Crippen LogP contribution in [0.3, 0.4) is 0 Å². The molecule has 0 N–H and O–H groups in total. The Morgan fingerprint density at radius 3 is 1.81 bits per heavy atom. The molecule has 2 aliphatic carbocycles. The first kappa shape index (κ1) is 32.4. The molecular formula is C54H32N4. The van der Waals surface area contributed by atoms with E-state index in [0.717, 1.165) is 39.3 Å². The minimum atomic E-state index is -0.460. The summed E-state index contributed by atoms with van der Waals surface area (Å²) in [5, 5.41) is 12.2. The van der Waals surface area contributed by atoms with E-state index >= 15 is 0 Å².